The number of carbonyl (C=O) groups excluding carboxylic acids is 1. The number of carbonyl (C=O) groups is 1. The first kappa shape index (κ1) is 17.7. The van der Waals surface area contributed by atoms with Crippen LogP contribution >= 0.6 is 0 Å². The number of ketones is 1. The van der Waals surface area contributed by atoms with Gasteiger partial charge in [0.25, 0.3) is 0 Å². The third-order valence-corrected chi connectivity index (χ3v) is 4.95. The lowest BCUT2D eigenvalue weighted by Gasteiger charge is -2.29. The van der Waals surface area contributed by atoms with Crippen LogP contribution in [0.2, 0.25) is 0 Å². The van der Waals surface area contributed by atoms with Crippen LogP contribution in [0.5, 0.6) is 0 Å². The number of benzene rings is 2. The van der Waals surface area contributed by atoms with E-state index >= 15 is 0 Å². The van der Waals surface area contributed by atoms with Crippen molar-refractivity contribution in [1.82, 2.24) is 4.90 Å². The fraction of sp³-hybridized carbons (Fsp3) is 0.381. The lowest BCUT2D eigenvalue weighted by atomic mass is 9.89. The zero-order valence-corrected chi connectivity index (χ0v) is 14.5. The molecule has 1 aliphatic heterocycles. The van der Waals surface area contributed by atoms with Crippen molar-refractivity contribution < 1.29 is 13.6 Å². The van der Waals surface area contributed by atoms with Crippen LogP contribution in [0.1, 0.15) is 34.3 Å². The van der Waals surface area contributed by atoms with Gasteiger partial charge in [0, 0.05) is 12.5 Å². The minimum Gasteiger partial charge on any atom is -0.306 e. The molecule has 0 spiro atoms. The Morgan fingerprint density at radius 3 is 2.52 bits per heavy atom. The van der Waals surface area contributed by atoms with E-state index in [1.165, 1.54) is 24.5 Å². The van der Waals surface area contributed by atoms with E-state index in [0.717, 1.165) is 37.2 Å². The molecule has 2 aromatic carbocycles. The molecule has 0 radical (unpaired) electrons. The van der Waals surface area contributed by atoms with E-state index in [1.807, 2.05) is 18.2 Å². The van der Waals surface area contributed by atoms with Crippen LogP contribution in [0.4, 0.5) is 8.78 Å². The van der Waals surface area contributed by atoms with Crippen LogP contribution in [0.3, 0.4) is 0 Å². The number of halogens is 2. The predicted molar refractivity (Wildman–Crippen MR) is 94.8 cm³/mol. The number of hydrogen-bond acceptors (Lipinski definition) is 2. The summed E-state index contributed by atoms with van der Waals surface area (Å²) in [4.78, 5) is 14.7. The molecule has 0 unspecified atom stereocenters. The van der Waals surface area contributed by atoms with Gasteiger partial charge in [-0.3, -0.25) is 4.79 Å². The van der Waals surface area contributed by atoms with Gasteiger partial charge in [-0.05, 0) is 68.6 Å². The van der Waals surface area contributed by atoms with E-state index in [0.29, 0.717) is 5.92 Å². The Morgan fingerprint density at radius 2 is 1.80 bits per heavy atom. The molecule has 0 saturated carbocycles. The third-order valence-electron chi connectivity index (χ3n) is 4.95. The maximum absolute atomic E-state index is 13.8. The maximum Gasteiger partial charge on any atom is 0.170 e. The average Bonchev–Trinajstić information content (AvgIpc) is 2.57. The molecule has 4 heteroatoms. The van der Waals surface area contributed by atoms with Gasteiger partial charge in [-0.2, -0.15) is 0 Å². The smallest absolute Gasteiger partial charge is 0.170 e. The zero-order valence-electron chi connectivity index (χ0n) is 14.5. The standard InChI is InChI=1S/C21H23F2NO/c1-24-9-7-15(8-10-24)11-16-3-2-4-17(12-16)13-21(25)19-6-5-18(22)14-20(19)23/h2-6,12,14-15H,7-11,13H2,1H3. The van der Waals surface area contributed by atoms with E-state index in [-0.39, 0.29) is 17.8 Å². The van der Waals surface area contributed by atoms with Crippen molar-refractivity contribution in [2.75, 3.05) is 20.1 Å². The topological polar surface area (TPSA) is 20.3 Å². The molecule has 0 atom stereocenters. The van der Waals surface area contributed by atoms with Crippen molar-refractivity contribution in [3.05, 3.63) is 70.8 Å². The molecular formula is C21H23F2NO. The van der Waals surface area contributed by atoms with E-state index < -0.39 is 11.6 Å². The van der Waals surface area contributed by atoms with Crippen LogP contribution in [-0.4, -0.2) is 30.8 Å². The molecule has 1 aliphatic rings. The highest BCUT2D eigenvalue weighted by Gasteiger charge is 2.18. The van der Waals surface area contributed by atoms with Gasteiger partial charge in [-0.1, -0.05) is 24.3 Å². The van der Waals surface area contributed by atoms with Gasteiger partial charge < -0.3 is 4.90 Å². The molecule has 2 aromatic rings. The highest BCUT2D eigenvalue weighted by atomic mass is 19.1. The SMILES string of the molecule is CN1CCC(Cc2cccc(CC(=O)c3ccc(F)cc3F)c2)CC1. The summed E-state index contributed by atoms with van der Waals surface area (Å²) >= 11 is 0. The second-order valence-electron chi connectivity index (χ2n) is 6.99. The number of hydrogen-bond donors (Lipinski definition) is 0. The highest BCUT2D eigenvalue weighted by molar-refractivity contribution is 5.97. The fourth-order valence-electron chi connectivity index (χ4n) is 3.46. The Hall–Kier alpha value is -2.07. The Bertz CT molecular complexity index is 751. The van der Waals surface area contributed by atoms with Gasteiger partial charge in [0.15, 0.2) is 5.78 Å². The van der Waals surface area contributed by atoms with Gasteiger partial charge in [0.2, 0.25) is 0 Å². The number of likely N-dealkylation sites (tertiary alicyclic amines) is 1. The van der Waals surface area contributed by atoms with Gasteiger partial charge in [0.05, 0.1) is 5.56 Å². The Labute approximate surface area is 147 Å². The van der Waals surface area contributed by atoms with E-state index in [1.54, 1.807) is 0 Å². The average molecular weight is 343 g/mol. The van der Waals surface area contributed by atoms with Crippen LogP contribution in [0.25, 0.3) is 0 Å². The summed E-state index contributed by atoms with van der Waals surface area (Å²) < 4.78 is 26.7. The first-order valence-corrected chi connectivity index (χ1v) is 8.76. The second-order valence-corrected chi connectivity index (χ2v) is 6.99. The Balaban J connectivity index is 1.66. The number of rotatable bonds is 5. The molecule has 0 bridgehead atoms. The molecule has 132 valence electrons. The quantitative estimate of drug-likeness (QED) is 0.756. The second kappa shape index (κ2) is 7.87. The molecule has 0 amide bonds. The summed E-state index contributed by atoms with van der Waals surface area (Å²) in [5.41, 5.74) is 2.04. The van der Waals surface area contributed by atoms with Crippen molar-refractivity contribution in [1.29, 1.82) is 0 Å². The predicted octanol–water partition coefficient (Wildman–Crippen LogP) is 4.27. The molecule has 1 heterocycles. The molecular weight excluding hydrogens is 320 g/mol. The molecule has 2 nitrogen and oxygen atoms in total. The number of piperidine rings is 1. The normalized spacial score (nSPS) is 16.1. The van der Waals surface area contributed by atoms with Gasteiger partial charge in [0.1, 0.15) is 11.6 Å². The largest absolute Gasteiger partial charge is 0.306 e. The van der Waals surface area contributed by atoms with Gasteiger partial charge in [-0.15, -0.1) is 0 Å². The van der Waals surface area contributed by atoms with Crippen molar-refractivity contribution >= 4 is 5.78 Å². The molecule has 25 heavy (non-hydrogen) atoms. The maximum atomic E-state index is 13.8. The van der Waals surface area contributed by atoms with E-state index in [9.17, 15) is 13.6 Å². The number of Topliss-reactive ketones (excluding diaryl/α,β-unsaturated/α-hetero) is 1. The van der Waals surface area contributed by atoms with Crippen molar-refractivity contribution in [2.24, 2.45) is 5.92 Å². The Kier molecular flexibility index (Phi) is 5.59. The van der Waals surface area contributed by atoms with Crippen LogP contribution in [0.15, 0.2) is 42.5 Å². The summed E-state index contributed by atoms with van der Waals surface area (Å²) in [6.45, 7) is 2.26. The summed E-state index contributed by atoms with van der Waals surface area (Å²) in [6.07, 6.45) is 3.53. The zero-order chi connectivity index (χ0) is 17.8. The Morgan fingerprint density at radius 1 is 1.08 bits per heavy atom. The fourth-order valence-corrected chi connectivity index (χ4v) is 3.46. The monoisotopic (exact) mass is 343 g/mol. The molecule has 0 aliphatic carbocycles. The molecule has 1 saturated heterocycles. The van der Waals surface area contributed by atoms with Crippen molar-refractivity contribution in [3.8, 4) is 0 Å². The summed E-state index contributed by atoms with van der Waals surface area (Å²) in [6, 6.07) is 11.1. The lowest BCUT2D eigenvalue weighted by molar-refractivity contribution is 0.0989. The van der Waals surface area contributed by atoms with Crippen molar-refractivity contribution in [2.45, 2.75) is 25.7 Å². The summed E-state index contributed by atoms with van der Waals surface area (Å²) in [5.74, 6) is -1.12. The van der Waals surface area contributed by atoms with Crippen LogP contribution < -0.4 is 0 Å². The first-order chi connectivity index (χ1) is 12.0. The van der Waals surface area contributed by atoms with E-state index in [2.05, 4.69) is 18.0 Å². The minimum absolute atomic E-state index is 0.0536. The molecule has 0 aromatic heterocycles. The molecule has 1 fully saturated rings. The molecule has 0 N–H and O–H groups in total. The summed E-state index contributed by atoms with van der Waals surface area (Å²) in [5, 5.41) is 0. The third kappa shape index (κ3) is 4.73. The van der Waals surface area contributed by atoms with Gasteiger partial charge in [-0.25, -0.2) is 8.78 Å². The van der Waals surface area contributed by atoms with E-state index in [4.69, 9.17) is 0 Å². The minimum atomic E-state index is -0.799. The van der Waals surface area contributed by atoms with Crippen LogP contribution in [0, 0.1) is 17.6 Å². The highest BCUT2D eigenvalue weighted by Crippen LogP contribution is 2.22. The summed E-state index contributed by atoms with van der Waals surface area (Å²) in [7, 11) is 2.15. The van der Waals surface area contributed by atoms with Crippen LogP contribution in [-0.2, 0) is 12.8 Å². The number of nitrogens with zero attached hydrogens (tertiary/aromatic N) is 1. The molecule has 3 rings (SSSR count). The van der Waals surface area contributed by atoms with Crippen molar-refractivity contribution in [3.63, 3.8) is 0 Å². The first-order valence-electron chi connectivity index (χ1n) is 8.76. The van der Waals surface area contributed by atoms with Gasteiger partial charge >= 0.3 is 0 Å². The lowest BCUT2D eigenvalue weighted by Crippen LogP contribution is -2.30.